The lowest BCUT2D eigenvalue weighted by Gasteiger charge is -2.09. The highest BCUT2D eigenvalue weighted by atomic mass is 79.9. The number of benzene rings is 3. The largest absolute Gasteiger partial charge is 0.497 e. The first-order chi connectivity index (χ1) is 17.3. The number of rotatable bonds is 5. The summed E-state index contributed by atoms with van der Waals surface area (Å²) >= 11 is 11.4. The van der Waals surface area contributed by atoms with Gasteiger partial charge in [0.25, 0.3) is 0 Å². The Morgan fingerprint density at radius 2 is 1.89 bits per heavy atom. The molecule has 4 aromatic rings. The zero-order chi connectivity index (χ0) is 25.4. The van der Waals surface area contributed by atoms with Crippen molar-refractivity contribution in [2.75, 3.05) is 7.11 Å². The molecule has 1 aliphatic heterocycles. The number of ether oxygens (including phenoxy) is 3. The van der Waals surface area contributed by atoms with Crippen molar-refractivity contribution in [1.29, 1.82) is 0 Å². The fourth-order valence-electron chi connectivity index (χ4n) is 3.57. The lowest BCUT2D eigenvalue weighted by atomic mass is 10.1. The van der Waals surface area contributed by atoms with Crippen molar-refractivity contribution in [3.8, 4) is 11.5 Å². The molecule has 0 amide bonds. The van der Waals surface area contributed by atoms with Crippen LogP contribution in [0.15, 0.2) is 75.8 Å². The molecule has 5 rings (SSSR count). The molecule has 1 aromatic heterocycles. The first-order valence-corrected chi connectivity index (χ1v) is 12.7. The SMILES string of the molecule is COc1ccc(C(=O)Oc2ccc(Br)cc2/C=C2/N=C(c3sc4cc(C)ccc4c3Cl)OC2=O)cc1. The van der Waals surface area contributed by atoms with Crippen molar-refractivity contribution in [3.05, 3.63) is 97.4 Å². The Hall–Kier alpha value is -3.46. The van der Waals surface area contributed by atoms with E-state index in [0.717, 1.165) is 20.1 Å². The topological polar surface area (TPSA) is 74.2 Å². The lowest BCUT2D eigenvalue weighted by molar-refractivity contribution is -0.129. The van der Waals surface area contributed by atoms with Gasteiger partial charge in [-0.2, -0.15) is 0 Å². The Balaban J connectivity index is 1.47. The minimum absolute atomic E-state index is 0.0644. The fourth-order valence-corrected chi connectivity index (χ4v) is 5.49. The van der Waals surface area contributed by atoms with Gasteiger partial charge in [0, 0.05) is 20.1 Å². The molecular formula is C27H17BrClNO5S. The van der Waals surface area contributed by atoms with E-state index in [1.165, 1.54) is 17.4 Å². The molecular weight excluding hydrogens is 566 g/mol. The van der Waals surface area contributed by atoms with Crippen LogP contribution in [0, 0.1) is 6.92 Å². The first-order valence-electron chi connectivity index (χ1n) is 10.7. The van der Waals surface area contributed by atoms with Gasteiger partial charge in [0.05, 0.1) is 17.7 Å². The average molecular weight is 583 g/mol. The molecule has 0 spiro atoms. The fraction of sp³-hybridized carbons (Fsp3) is 0.0741. The van der Waals surface area contributed by atoms with Gasteiger partial charge in [0.1, 0.15) is 16.4 Å². The summed E-state index contributed by atoms with van der Waals surface area (Å²) in [7, 11) is 1.55. The highest BCUT2D eigenvalue weighted by Gasteiger charge is 2.28. The Bertz CT molecular complexity index is 1590. The maximum Gasteiger partial charge on any atom is 0.363 e. The number of carbonyl (C=O) groups excluding carboxylic acids is 2. The summed E-state index contributed by atoms with van der Waals surface area (Å²) in [5.74, 6) is -0.143. The van der Waals surface area contributed by atoms with Gasteiger partial charge in [-0.3, -0.25) is 0 Å². The van der Waals surface area contributed by atoms with Crippen molar-refractivity contribution in [3.63, 3.8) is 0 Å². The van der Waals surface area contributed by atoms with Crippen LogP contribution in [0.2, 0.25) is 5.02 Å². The van der Waals surface area contributed by atoms with E-state index < -0.39 is 11.9 Å². The Labute approximate surface area is 223 Å². The molecule has 0 aliphatic carbocycles. The van der Waals surface area contributed by atoms with Gasteiger partial charge in [0.15, 0.2) is 5.70 Å². The molecule has 0 saturated carbocycles. The highest BCUT2D eigenvalue weighted by molar-refractivity contribution is 9.10. The quantitative estimate of drug-likeness (QED) is 0.141. The summed E-state index contributed by atoms with van der Waals surface area (Å²) in [6.45, 7) is 2.00. The molecule has 0 unspecified atom stereocenters. The molecule has 1 aliphatic rings. The summed E-state index contributed by atoms with van der Waals surface area (Å²) in [6.07, 6.45) is 1.52. The number of carbonyl (C=O) groups is 2. The van der Waals surface area contributed by atoms with Crippen molar-refractivity contribution >= 4 is 72.9 Å². The molecule has 180 valence electrons. The van der Waals surface area contributed by atoms with Gasteiger partial charge in [0.2, 0.25) is 5.90 Å². The van der Waals surface area contributed by atoms with Crippen LogP contribution in [0.3, 0.4) is 0 Å². The first kappa shape index (κ1) is 24.2. The number of halogens is 2. The lowest BCUT2D eigenvalue weighted by Crippen LogP contribution is -2.09. The van der Waals surface area contributed by atoms with Crippen LogP contribution in [-0.2, 0) is 9.53 Å². The number of esters is 2. The second kappa shape index (κ2) is 9.89. The van der Waals surface area contributed by atoms with E-state index >= 15 is 0 Å². The minimum atomic E-state index is -0.623. The van der Waals surface area contributed by atoms with Gasteiger partial charge in [-0.1, -0.05) is 39.7 Å². The number of aliphatic imine (C=N–C) groups is 1. The van der Waals surface area contributed by atoms with Crippen LogP contribution in [-0.4, -0.2) is 24.9 Å². The molecule has 0 bridgehead atoms. The van der Waals surface area contributed by atoms with Crippen LogP contribution >= 0.6 is 38.9 Å². The average Bonchev–Trinajstić information content (AvgIpc) is 3.39. The maximum absolute atomic E-state index is 12.7. The minimum Gasteiger partial charge on any atom is -0.497 e. The van der Waals surface area contributed by atoms with E-state index in [9.17, 15) is 9.59 Å². The predicted molar refractivity (Wildman–Crippen MR) is 144 cm³/mol. The number of aryl methyl sites for hydroxylation is 1. The van der Waals surface area contributed by atoms with E-state index in [4.69, 9.17) is 25.8 Å². The van der Waals surface area contributed by atoms with E-state index in [1.54, 1.807) is 49.6 Å². The summed E-state index contributed by atoms with van der Waals surface area (Å²) in [4.78, 5) is 30.4. The molecule has 3 aromatic carbocycles. The van der Waals surface area contributed by atoms with E-state index in [2.05, 4.69) is 20.9 Å². The zero-order valence-electron chi connectivity index (χ0n) is 19.0. The molecule has 0 radical (unpaired) electrons. The third kappa shape index (κ3) is 4.80. The van der Waals surface area contributed by atoms with Crippen LogP contribution in [0.25, 0.3) is 16.2 Å². The van der Waals surface area contributed by atoms with E-state index in [0.29, 0.717) is 26.8 Å². The Morgan fingerprint density at radius 3 is 2.64 bits per heavy atom. The van der Waals surface area contributed by atoms with Crippen LogP contribution in [0.1, 0.15) is 26.4 Å². The Morgan fingerprint density at radius 1 is 1.11 bits per heavy atom. The van der Waals surface area contributed by atoms with Gasteiger partial charge in [-0.05, 0) is 67.1 Å². The van der Waals surface area contributed by atoms with Crippen molar-refractivity contribution < 1.29 is 23.8 Å². The van der Waals surface area contributed by atoms with Gasteiger partial charge in [-0.15, -0.1) is 11.3 Å². The zero-order valence-corrected chi connectivity index (χ0v) is 22.2. The van der Waals surface area contributed by atoms with Crippen molar-refractivity contribution in [1.82, 2.24) is 0 Å². The third-order valence-corrected chi connectivity index (χ3v) is 7.53. The van der Waals surface area contributed by atoms with Gasteiger partial charge >= 0.3 is 11.9 Å². The number of fused-ring (bicyclic) bond motifs is 1. The number of methoxy groups -OCH3 is 1. The van der Waals surface area contributed by atoms with Crippen LogP contribution in [0.4, 0.5) is 0 Å². The summed E-state index contributed by atoms with van der Waals surface area (Å²) in [6, 6.07) is 17.6. The monoisotopic (exact) mass is 581 g/mol. The van der Waals surface area contributed by atoms with Crippen LogP contribution < -0.4 is 9.47 Å². The molecule has 6 nitrogen and oxygen atoms in total. The molecule has 0 N–H and O–H groups in total. The second-order valence-corrected chi connectivity index (χ2v) is 10.2. The number of thiophene rings is 1. The Kier molecular flexibility index (Phi) is 6.66. The smallest absolute Gasteiger partial charge is 0.363 e. The summed E-state index contributed by atoms with van der Waals surface area (Å²) < 4.78 is 17.9. The molecule has 9 heteroatoms. The van der Waals surface area contributed by atoms with Gasteiger partial charge in [-0.25, -0.2) is 14.6 Å². The summed E-state index contributed by atoms with van der Waals surface area (Å²) in [5.41, 5.74) is 1.99. The number of hydrogen-bond acceptors (Lipinski definition) is 7. The van der Waals surface area contributed by atoms with E-state index in [1.807, 2.05) is 25.1 Å². The molecule has 2 heterocycles. The standard InChI is InChI=1S/C27H17BrClNO5S/c1-14-3-9-19-22(11-14)36-24(23(19)29)25-30-20(27(32)35-25)13-16-12-17(28)6-10-21(16)34-26(31)15-4-7-18(33-2)8-5-15/h3-13H,1-2H3/b20-13+. The number of nitrogens with zero attached hydrogens (tertiary/aromatic N) is 1. The van der Waals surface area contributed by atoms with Crippen LogP contribution in [0.5, 0.6) is 11.5 Å². The van der Waals surface area contributed by atoms with E-state index in [-0.39, 0.29) is 17.3 Å². The maximum atomic E-state index is 12.7. The summed E-state index contributed by atoms with van der Waals surface area (Å²) in [5, 5.41) is 1.36. The number of cyclic esters (lactones) is 1. The molecule has 0 saturated heterocycles. The molecule has 0 atom stereocenters. The third-order valence-electron chi connectivity index (χ3n) is 5.39. The predicted octanol–water partition coefficient (Wildman–Crippen LogP) is 7.20. The molecule has 36 heavy (non-hydrogen) atoms. The second-order valence-electron chi connectivity index (χ2n) is 7.88. The van der Waals surface area contributed by atoms with Crippen molar-refractivity contribution in [2.45, 2.75) is 6.92 Å². The number of hydrogen-bond donors (Lipinski definition) is 0. The van der Waals surface area contributed by atoms with Gasteiger partial charge < -0.3 is 14.2 Å². The molecule has 0 fully saturated rings. The normalized spacial score (nSPS) is 14.2. The van der Waals surface area contributed by atoms with Crippen molar-refractivity contribution in [2.24, 2.45) is 4.99 Å². The highest BCUT2D eigenvalue weighted by Crippen LogP contribution is 2.38.